The Balaban J connectivity index is 2.30. The van der Waals surface area contributed by atoms with Crippen molar-refractivity contribution in [2.45, 2.75) is 70.5 Å². The fraction of sp³-hybridized carbons (Fsp3) is 0.762. The number of hydroxylamine groups is 2. The molecule has 0 aromatic rings. The first-order valence-corrected chi connectivity index (χ1v) is 10.8. The molecule has 2 bridgehead atoms. The Morgan fingerprint density at radius 1 is 1.29 bits per heavy atom. The maximum absolute atomic E-state index is 13.2. The number of imide groups is 1. The molecule has 176 valence electrons. The van der Waals surface area contributed by atoms with Crippen molar-refractivity contribution in [2.75, 3.05) is 33.9 Å². The Morgan fingerprint density at radius 3 is 2.61 bits per heavy atom. The molecule has 2 aliphatic heterocycles. The Morgan fingerprint density at radius 2 is 1.97 bits per heavy atom. The van der Waals surface area contributed by atoms with Crippen LogP contribution >= 0.6 is 0 Å². The molecule has 10 nitrogen and oxygen atoms in total. The summed E-state index contributed by atoms with van der Waals surface area (Å²) in [6, 6.07) is 0. The van der Waals surface area contributed by atoms with Gasteiger partial charge in [0.05, 0.1) is 6.61 Å². The first kappa shape index (κ1) is 25.3. The number of likely N-dealkylation sites (N-methyl/N-ethyl adjacent to an activating group) is 2. The van der Waals surface area contributed by atoms with Gasteiger partial charge in [-0.1, -0.05) is 26.7 Å². The quantitative estimate of drug-likeness (QED) is 0.256. The summed E-state index contributed by atoms with van der Waals surface area (Å²) in [7, 11) is 3.26. The van der Waals surface area contributed by atoms with Crippen LogP contribution in [-0.4, -0.2) is 86.1 Å². The van der Waals surface area contributed by atoms with Gasteiger partial charge in [0.1, 0.15) is 6.10 Å². The van der Waals surface area contributed by atoms with Crippen LogP contribution in [0.25, 0.3) is 0 Å². The molecule has 2 saturated heterocycles. The Kier molecular flexibility index (Phi) is 9.42. The van der Waals surface area contributed by atoms with Crippen molar-refractivity contribution in [3.8, 4) is 0 Å². The second kappa shape index (κ2) is 11.6. The molecule has 10 heteroatoms. The van der Waals surface area contributed by atoms with Gasteiger partial charge in [0.2, 0.25) is 12.0 Å². The number of fused-ring (bicyclic) bond motifs is 2. The van der Waals surface area contributed by atoms with Crippen LogP contribution in [0.2, 0.25) is 0 Å². The van der Waals surface area contributed by atoms with Gasteiger partial charge in [0, 0.05) is 39.1 Å². The van der Waals surface area contributed by atoms with Gasteiger partial charge in [0.15, 0.2) is 12.3 Å². The van der Waals surface area contributed by atoms with E-state index in [1.54, 1.807) is 32.1 Å². The number of hydrogen-bond acceptors (Lipinski definition) is 8. The van der Waals surface area contributed by atoms with E-state index in [0.717, 1.165) is 25.7 Å². The Labute approximate surface area is 183 Å². The average Bonchev–Trinajstić information content (AvgIpc) is 2.99. The van der Waals surface area contributed by atoms with E-state index in [1.807, 2.05) is 0 Å². The molecule has 0 saturated carbocycles. The highest BCUT2D eigenvalue weighted by Gasteiger charge is 2.67. The molecule has 2 unspecified atom stereocenters. The average molecular weight is 442 g/mol. The van der Waals surface area contributed by atoms with E-state index in [2.05, 4.69) is 19.2 Å². The van der Waals surface area contributed by atoms with E-state index in [1.165, 1.54) is 5.06 Å². The minimum atomic E-state index is -1.34. The van der Waals surface area contributed by atoms with Crippen molar-refractivity contribution < 1.29 is 33.4 Å². The molecule has 0 spiro atoms. The summed E-state index contributed by atoms with van der Waals surface area (Å²) < 4.78 is 18.2. The van der Waals surface area contributed by atoms with Crippen molar-refractivity contribution in [2.24, 2.45) is 0 Å². The molecule has 2 aliphatic rings. The molecule has 1 N–H and O–H groups in total. The summed E-state index contributed by atoms with van der Waals surface area (Å²) in [4.78, 5) is 43.2. The third kappa shape index (κ3) is 5.62. The van der Waals surface area contributed by atoms with Crippen molar-refractivity contribution in [3.63, 3.8) is 0 Å². The summed E-state index contributed by atoms with van der Waals surface area (Å²) in [5.74, 6) is -0.887. The minimum absolute atomic E-state index is 0.0471. The highest BCUT2D eigenvalue weighted by atomic mass is 16.7. The highest BCUT2D eigenvalue weighted by molar-refractivity contribution is 5.98. The van der Waals surface area contributed by atoms with Crippen molar-refractivity contribution in [1.29, 1.82) is 0 Å². The second-order valence-corrected chi connectivity index (χ2v) is 7.89. The van der Waals surface area contributed by atoms with E-state index in [4.69, 9.17) is 19.0 Å². The number of carbonyl (C=O) groups excluding carboxylic acids is 3. The van der Waals surface area contributed by atoms with Crippen LogP contribution in [0.1, 0.15) is 46.5 Å². The minimum Gasteiger partial charge on any atom is -0.378 e. The van der Waals surface area contributed by atoms with E-state index >= 15 is 0 Å². The summed E-state index contributed by atoms with van der Waals surface area (Å²) >= 11 is 0. The first-order chi connectivity index (χ1) is 14.8. The molecule has 0 radical (unpaired) electrons. The fourth-order valence-corrected chi connectivity index (χ4v) is 3.69. The lowest BCUT2D eigenvalue weighted by molar-refractivity contribution is -0.254. The number of carbonyl (C=O) groups is 3. The molecule has 2 fully saturated rings. The van der Waals surface area contributed by atoms with Gasteiger partial charge in [-0.05, 0) is 19.8 Å². The van der Waals surface area contributed by atoms with Crippen LogP contribution in [-0.2, 0) is 33.4 Å². The lowest BCUT2D eigenvalue weighted by Crippen LogP contribution is -2.64. The Hall–Kier alpha value is -2.01. The number of rotatable bonds is 13. The molecule has 2 rings (SSSR count). The van der Waals surface area contributed by atoms with Gasteiger partial charge in [-0.15, -0.1) is 0 Å². The van der Waals surface area contributed by atoms with Gasteiger partial charge in [-0.25, -0.2) is 5.06 Å². The smallest absolute Gasteiger partial charge is 0.283 e. The van der Waals surface area contributed by atoms with E-state index in [-0.39, 0.29) is 12.5 Å². The summed E-state index contributed by atoms with van der Waals surface area (Å²) in [6.07, 6.45) is 3.54. The molecule has 0 aromatic carbocycles. The maximum atomic E-state index is 13.2. The number of ether oxygens (including phenoxy) is 3. The zero-order valence-electron chi connectivity index (χ0n) is 19.1. The van der Waals surface area contributed by atoms with Crippen LogP contribution in [0, 0.1) is 0 Å². The first-order valence-electron chi connectivity index (χ1n) is 10.8. The largest absolute Gasteiger partial charge is 0.378 e. The van der Waals surface area contributed by atoms with Crippen molar-refractivity contribution in [1.82, 2.24) is 15.3 Å². The Bertz CT molecular complexity index is 671. The summed E-state index contributed by atoms with van der Waals surface area (Å²) in [6.45, 7) is 6.72. The monoisotopic (exact) mass is 441 g/mol. The van der Waals surface area contributed by atoms with Gasteiger partial charge >= 0.3 is 0 Å². The number of hydrogen-bond donors (Lipinski definition) is 1. The number of nitrogens with one attached hydrogen (secondary N) is 1. The molecule has 2 heterocycles. The third-order valence-corrected chi connectivity index (χ3v) is 5.40. The lowest BCUT2D eigenvalue weighted by Gasteiger charge is -2.40. The summed E-state index contributed by atoms with van der Waals surface area (Å²) in [5.41, 5.74) is -1.04. The van der Waals surface area contributed by atoms with Crippen LogP contribution in [0.4, 0.5) is 0 Å². The topological polar surface area (TPSA) is 107 Å². The van der Waals surface area contributed by atoms with E-state index in [9.17, 15) is 14.4 Å². The second-order valence-electron chi connectivity index (χ2n) is 7.89. The van der Waals surface area contributed by atoms with Crippen molar-refractivity contribution in [3.05, 3.63) is 11.8 Å². The molecular formula is C21H35N3O7. The van der Waals surface area contributed by atoms with Crippen LogP contribution in [0.15, 0.2) is 11.8 Å². The molecule has 3 amide bonds. The molecule has 31 heavy (non-hydrogen) atoms. The van der Waals surface area contributed by atoms with Gasteiger partial charge in [-0.2, -0.15) is 0 Å². The molecule has 4 atom stereocenters. The molecular weight excluding hydrogens is 406 g/mol. The van der Waals surface area contributed by atoms with Gasteiger partial charge in [0.25, 0.3) is 11.8 Å². The van der Waals surface area contributed by atoms with Gasteiger partial charge < -0.3 is 19.1 Å². The normalized spacial score (nSPS) is 28.0. The predicted octanol–water partition coefficient (Wildman–Crippen LogP) is 0.964. The standard InChI is InChI=1S/C21H35N3O7/c1-6-8-10-28-13-21-17(29-11-9-7-2)16(31-24(5)20(21)27)19(30-21)23(4)12-15(3)18(26)22-14-25/h12,14,16-17,19H,6-11,13H2,1-5H3,(H,22,25,26)/b15-12-/t16?,17?,19-,21-/m1/s1. The zero-order chi connectivity index (χ0) is 23.0. The third-order valence-electron chi connectivity index (χ3n) is 5.40. The van der Waals surface area contributed by atoms with Crippen LogP contribution in [0.5, 0.6) is 0 Å². The van der Waals surface area contributed by atoms with Gasteiger partial charge in [-0.3, -0.25) is 24.5 Å². The predicted molar refractivity (Wildman–Crippen MR) is 111 cm³/mol. The fourth-order valence-electron chi connectivity index (χ4n) is 3.69. The van der Waals surface area contributed by atoms with E-state index < -0.39 is 29.9 Å². The lowest BCUT2D eigenvalue weighted by atomic mass is 9.93. The molecule has 0 aliphatic carbocycles. The number of amides is 3. The van der Waals surface area contributed by atoms with Crippen LogP contribution in [0.3, 0.4) is 0 Å². The maximum Gasteiger partial charge on any atom is 0.283 e. The number of nitrogens with zero attached hydrogens (tertiary/aromatic N) is 2. The van der Waals surface area contributed by atoms with Crippen LogP contribution < -0.4 is 5.32 Å². The number of unbranched alkanes of at least 4 members (excludes halogenated alkanes) is 2. The highest BCUT2D eigenvalue weighted by Crippen LogP contribution is 2.42. The summed E-state index contributed by atoms with van der Waals surface area (Å²) in [5, 5.41) is 3.28. The van der Waals surface area contributed by atoms with Crippen molar-refractivity contribution >= 4 is 18.2 Å². The zero-order valence-corrected chi connectivity index (χ0v) is 19.1. The van der Waals surface area contributed by atoms with E-state index in [0.29, 0.717) is 25.2 Å². The SMILES string of the molecule is CCCCOC[C@]12O[C@@H](N(C)/C=C(/C)C(=O)NC=O)C(ON(C)C1=O)C2OCCCC. The molecule has 0 aromatic heterocycles.